The summed E-state index contributed by atoms with van der Waals surface area (Å²) in [5.74, 6) is 0. The van der Waals surface area contributed by atoms with Gasteiger partial charge in [0.1, 0.15) is 0 Å². The van der Waals surface area contributed by atoms with Gasteiger partial charge in [-0.1, -0.05) is 0 Å². The molecule has 0 spiro atoms. The maximum Gasteiger partial charge on any atom is 0.0519 e. The zero-order valence-electron chi connectivity index (χ0n) is 8.93. The minimum Gasteiger partial charge on any atom is -0.381 e. The molecule has 3 nitrogen and oxygen atoms in total. The Hall–Kier alpha value is -0.960. The summed E-state index contributed by atoms with van der Waals surface area (Å²) in [5, 5.41) is 7.07. The fourth-order valence-electron chi connectivity index (χ4n) is 2.15. The molecule has 0 aliphatic carbocycles. The molecule has 2 heterocycles. The molecular weight excluding hydrogens is 174 g/mol. The van der Waals surface area contributed by atoms with E-state index in [0.717, 1.165) is 6.54 Å². The highest BCUT2D eigenvalue weighted by Gasteiger charge is 2.27. The van der Waals surface area contributed by atoms with E-state index < -0.39 is 0 Å². The van der Waals surface area contributed by atoms with Gasteiger partial charge >= 0.3 is 0 Å². The molecule has 1 aliphatic rings. The third-order valence-corrected chi connectivity index (χ3v) is 2.82. The number of aromatic nitrogens is 1. The van der Waals surface area contributed by atoms with Crippen molar-refractivity contribution in [2.75, 3.05) is 11.9 Å². The number of nitrogens with one attached hydrogen (secondary N) is 3. The summed E-state index contributed by atoms with van der Waals surface area (Å²) in [6.45, 7) is 5.63. The lowest BCUT2D eigenvalue weighted by atomic mass is 9.89. The van der Waals surface area contributed by atoms with Crippen molar-refractivity contribution < 1.29 is 0 Å². The van der Waals surface area contributed by atoms with Crippen LogP contribution in [0.25, 0.3) is 0 Å². The molecule has 0 amide bonds. The lowest BCUT2D eigenvalue weighted by Gasteiger charge is -2.37. The van der Waals surface area contributed by atoms with Crippen molar-refractivity contribution in [1.29, 1.82) is 0 Å². The van der Waals surface area contributed by atoms with Crippen LogP contribution in [0.3, 0.4) is 0 Å². The summed E-state index contributed by atoms with van der Waals surface area (Å²) in [6, 6.07) is 2.68. The molecule has 1 aromatic heterocycles. The molecule has 2 rings (SSSR count). The van der Waals surface area contributed by atoms with Gasteiger partial charge in [-0.3, -0.25) is 0 Å². The minimum absolute atomic E-state index is 0.270. The first-order valence-corrected chi connectivity index (χ1v) is 5.30. The fourth-order valence-corrected chi connectivity index (χ4v) is 2.15. The molecule has 1 fully saturated rings. The predicted molar refractivity (Wildman–Crippen MR) is 59.5 cm³/mol. The molecule has 3 N–H and O–H groups in total. The molecule has 1 aliphatic heterocycles. The minimum atomic E-state index is 0.270. The number of anilines is 1. The van der Waals surface area contributed by atoms with Crippen molar-refractivity contribution in [1.82, 2.24) is 10.3 Å². The summed E-state index contributed by atoms with van der Waals surface area (Å²) >= 11 is 0. The average Bonchev–Trinajstić information content (AvgIpc) is 2.54. The van der Waals surface area contributed by atoms with Crippen molar-refractivity contribution >= 4 is 5.69 Å². The third-order valence-electron chi connectivity index (χ3n) is 2.82. The molecule has 78 valence electrons. The Morgan fingerprint density at radius 3 is 3.00 bits per heavy atom. The highest BCUT2D eigenvalue weighted by molar-refractivity contribution is 5.41. The van der Waals surface area contributed by atoms with E-state index in [1.54, 1.807) is 0 Å². The summed E-state index contributed by atoms with van der Waals surface area (Å²) in [6.07, 6.45) is 6.34. The van der Waals surface area contributed by atoms with Gasteiger partial charge in [-0.05, 0) is 39.3 Å². The van der Waals surface area contributed by atoms with Crippen molar-refractivity contribution in [3.05, 3.63) is 18.5 Å². The van der Waals surface area contributed by atoms with Gasteiger partial charge in [-0.2, -0.15) is 0 Å². The number of H-pyrrole nitrogens is 1. The molecule has 1 atom stereocenters. The number of hydrogen-bond donors (Lipinski definition) is 3. The van der Waals surface area contributed by atoms with Crippen LogP contribution in [0, 0.1) is 0 Å². The topological polar surface area (TPSA) is 39.9 Å². The van der Waals surface area contributed by atoms with E-state index in [4.69, 9.17) is 0 Å². The van der Waals surface area contributed by atoms with E-state index in [-0.39, 0.29) is 5.54 Å². The van der Waals surface area contributed by atoms with Gasteiger partial charge in [0.25, 0.3) is 0 Å². The Morgan fingerprint density at radius 2 is 2.36 bits per heavy atom. The Kier molecular flexibility index (Phi) is 2.50. The van der Waals surface area contributed by atoms with Crippen LogP contribution in [0.5, 0.6) is 0 Å². The molecule has 14 heavy (non-hydrogen) atoms. The van der Waals surface area contributed by atoms with Crippen molar-refractivity contribution in [2.24, 2.45) is 0 Å². The molecule has 3 heteroatoms. The highest BCUT2D eigenvalue weighted by Crippen LogP contribution is 2.21. The van der Waals surface area contributed by atoms with Crippen LogP contribution in [-0.4, -0.2) is 23.1 Å². The first-order valence-electron chi connectivity index (χ1n) is 5.30. The smallest absolute Gasteiger partial charge is 0.0519 e. The van der Waals surface area contributed by atoms with E-state index in [1.807, 2.05) is 12.4 Å². The summed E-state index contributed by atoms with van der Waals surface area (Å²) in [7, 11) is 0. The molecule has 1 unspecified atom stereocenters. The average molecular weight is 193 g/mol. The first kappa shape index (κ1) is 9.59. The van der Waals surface area contributed by atoms with Gasteiger partial charge in [0, 0.05) is 24.0 Å². The van der Waals surface area contributed by atoms with Crippen LogP contribution < -0.4 is 10.6 Å². The zero-order chi connectivity index (χ0) is 10.0. The number of hydrogen-bond acceptors (Lipinski definition) is 2. The van der Waals surface area contributed by atoms with Gasteiger partial charge < -0.3 is 15.6 Å². The lowest BCUT2D eigenvalue weighted by Crippen LogP contribution is -2.49. The molecular formula is C11H19N3. The maximum atomic E-state index is 3.55. The molecule has 1 aromatic rings. The van der Waals surface area contributed by atoms with Crippen molar-refractivity contribution in [2.45, 2.75) is 38.3 Å². The monoisotopic (exact) mass is 193 g/mol. The third kappa shape index (κ3) is 2.29. The molecule has 1 saturated heterocycles. The van der Waals surface area contributed by atoms with Crippen LogP contribution in [0.1, 0.15) is 26.7 Å². The Balaban J connectivity index is 1.92. The molecule has 0 bridgehead atoms. The fraction of sp³-hybridized carbons (Fsp3) is 0.636. The predicted octanol–water partition coefficient (Wildman–Crippen LogP) is 1.96. The van der Waals surface area contributed by atoms with Crippen LogP contribution in [0.2, 0.25) is 0 Å². The van der Waals surface area contributed by atoms with Crippen molar-refractivity contribution in [3.8, 4) is 0 Å². The van der Waals surface area contributed by atoms with Crippen LogP contribution in [0.4, 0.5) is 5.69 Å². The van der Waals surface area contributed by atoms with Gasteiger partial charge in [-0.25, -0.2) is 0 Å². The normalized spacial score (nSPS) is 26.0. The van der Waals surface area contributed by atoms with E-state index in [2.05, 4.69) is 35.5 Å². The van der Waals surface area contributed by atoms with Gasteiger partial charge in [0.05, 0.1) is 5.69 Å². The quantitative estimate of drug-likeness (QED) is 0.672. The SMILES string of the molecule is CC1(C)CC(Nc2cc[nH]c2)CCN1. The summed E-state index contributed by atoms with van der Waals surface area (Å²) in [4.78, 5) is 3.06. The van der Waals surface area contributed by atoms with E-state index in [0.29, 0.717) is 6.04 Å². The lowest BCUT2D eigenvalue weighted by molar-refractivity contribution is 0.286. The Labute approximate surface area is 85.3 Å². The van der Waals surface area contributed by atoms with Gasteiger partial charge in [0.15, 0.2) is 0 Å². The van der Waals surface area contributed by atoms with Crippen molar-refractivity contribution in [3.63, 3.8) is 0 Å². The first-order chi connectivity index (χ1) is 6.66. The largest absolute Gasteiger partial charge is 0.381 e. The second-order valence-electron chi connectivity index (χ2n) is 4.74. The standard InChI is InChI=1S/C11H19N3/c1-11(2)7-9(4-6-13-11)14-10-3-5-12-8-10/h3,5,8-9,12-14H,4,6-7H2,1-2H3. The van der Waals surface area contributed by atoms with Crippen LogP contribution in [-0.2, 0) is 0 Å². The summed E-state index contributed by atoms with van der Waals surface area (Å²) < 4.78 is 0. The molecule has 0 aromatic carbocycles. The van der Waals surface area contributed by atoms with E-state index >= 15 is 0 Å². The number of piperidine rings is 1. The van der Waals surface area contributed by atoms with Crippen LogP contribution >= 0.6 is 0 Å². The van der Waals surface area contributed by atoms with Crippen LogP contribution in [0.15, 0.2) is 18.5 Å². The number of aromatic amines is 1. The zero-order valence-corrected chi connectivity index (χ0v) is 8.93. The van der Waals surface area contributed by atoms with Gasteiger partial charge in [0.2, 0.25) is 0 Å². The highest BCUT2D eigenvalue weighted by atomic mass is 15.0. The Morgan fingerprint density at radius 1 is 1.50 bits per heavy atom. The summed E-state index contributed by atoms with van der Waals surface area (Å²) in [5.41, 5.74) is 1.47. The van der Waals surface area contributed by atoms with E-state index in [1.165, 1.54) is 18.5 Å². The second kappa shape index (κ2) is 3.65. The van der Waals surface area contributed by atoms with Gasteiger partial charge in [-0.15, -0.1) is 0 Å². The molecule has 0 saturated carbocycles. The Bertz CT molecular complexity index is 277. The number of rotatable bonds is 2. The van der Waals surface area contributed by atoms with E-state index in [9.17, 15) is 0 Å². The second-order valence-corrected chi connectivity index (χ2v) is 4.74. The molecule has 0 radical (unpaired) electrons. The maximum absolute atomic E-state index is 3.55.